The molecule has 0 aromatic heterocycles. The summed E-state index contributed by atoms with van der Waals surface area (Å²) in [6.45, 7) is 0.538. The quantitative estimate of drug-likeness (QED) is 0.861. The number of fused-ring (bicyclic) bond motifs is 1. The highest BCUT2D eigenvalue weighted by Crippen LogP contribution is 2.32. The lowest BCUT2D eigenvalue weighted by Gasteiger charge is -2.27. The molecule has 2 aliphatic heterocycles. The van der Waals surface area contributed by atoms with Crippen molar-refractivity contribution in [2.75, 3.05) is 18.2 Å². The van der Waals surface area contributed by atoms with Gasteiger partial charge in [-0.3, -0.25) is 10.1 Å². The molecular weight excluding hydrogens is 267 g/mol. The third kappa shape index (κ3) is 2.69. The molecule has 102 valence electrons. The molecule has 1 aromatic rings. The summed E-state index contributed by atoms with van der Waals surface area (Å²) >= 11 is 1.70. The SMILES string of the molecule is O=C(NC1CCOc2ccc(F)cc21)C1CSCN1. The summed E-state index contributed by atoms with van der Waals surface area (Å²) in [5, 5.41) is 6.11. The topological polar surface area (TPSA) is 50.4 Å². The van der Waals surface area contributed by atoms with Crippen molar-refractivity contribution in [3.63, 3.8) is 0 Å². The van der Waals surface area contributed by atoms with Gasteiger partial charge >= 0.3 is 0 Å². The van der Waals surface area contributed by atoms with E-state index in [2.05, 4.69) is 10.6 Å². The van der Waals surface area contributed by atoms with Gasteiger partial charge < -0.3 is 10.1 Å². The predicted octanol–water partition coefficient (Wildman–Crippen LogP) is 1.43. The highest BCUT2D eigenvalue weighted by atomic mass is 32.2. The minimum Gasteiger partial charge on any atom is -0.493 e. The van der Waals surface area contributed by atoms with Crippen LogP contribution in [-0.4, -0.2) is 30.2 Å². The number of hydrogen-bond acceptors (Lipinski definition) is 4. The van der Waals surface area contributed by atoms with E-state index < -0.39 is 0 Å². The maximum Gasteiger partial charge on any atom is 0.238 e. The van der Waals surface area contributed by atoms with E-state index in [0.717, 1.165) is 17.2 Å². The first-order chi connectivity index (χ1) is 9.24. The van der Waals surface area contributed by atoms with Crippen LogP contribution in [0.15, 0.2) is 18.2 Å². The number of benzene rings is 1. The van der Waals surface area contributed by atoms with E-state index >= 15 is 0 Å². The van der Waals surface area contributed by atoms with Crippen molar-refractivity contribution in [2.24, 2.45) is 0 Å². The summed E-state index contributed by atoms with van der Waals surface area (Å²) in [5.41, 5.74) is 0.727. The smallest absolute Gasteiger partial charge is 0.238 e. The zero-order valence-corrected chi connectivity index (χ0v) is 11.1. The van der Waals surface area contributed by atoms with Gasteiger partial charge in [-0.15, -0.1) is 11.8 Å². The average Bonchev–Trinajstić information content (AvgIpc) is 2.93. The van der Waals surface area contributed by atoms with E-state index in [-0.39, 0.29) is 23.8 Å². The Hall–Kier alpha value is -1.27. The van der Waals surface area contributed by atoms with Gasteiger partial charge in [-0.05, 0) is 18.2 Å². The van der Waals surface area contributed by atoms with Crippen LogP contribution in [0.25, 0.3) is 0 Å². The first-order valence-corrected chi connectivity index (χ1v) is 7.43. The Balaban J connectivity index is 1.75. The fourth-order valence-electron chi connectivity index (χ4n) is 2.35. The van der Waals surface area contributed by atoms with Crippen molar-refractivity contribution in [2.45, 2.75) is 18.5 Å². The van der Waals surface area contributed by atoms with Crippen molar-refractivity contribution in [3.05, 3.63) is 29.6 Å². The van der Waals surface area contributed by atoms with Crippen LogP contribution >= 0.6 is 11.8 Å². The van der Waals surface area contributed by atoms with Crippen molar-refractivity contribution < 1.29 is 13.9 Å². The summed E-state index contributed by atoms with van der Waals surface area (Å²) in [4.78, 5) is 12.1. The number of nitrogens with one attached hydrogen (secondary N) is 2. The van der Waals surface area contributed by atoms with E-state index in [4.69, 9.17) is 4.74 Å². The first-order valence-electron chi connectivity index (χ1n) is 6.28. The molecule has 1 amide bonds. The number of hydrogen-bond donors (Lipinski definition) is 2. The number of rotatable bonds is 2. The second-order valence-corrected chi connectivity index (χ2v) is 5.68. The molecule has 2 aliphatic rings. The van der Waals surface area contributed by atoms with E-state index in [9.17, 15) is 9.18 Å². The van der Waals surface area contributed by atoms with E-state index in [1.807, 2.05) is 0 Å². The second kappa shape index (κ2) is 5.38. The lowest BCUT2D eigenvalue weighted by atomic mass is 10.00. The summed E-state index contributed by atoms with van der Waals surface area (Å²) in [7, 11) is 0. The molecule has 0 aliphatic carbocycles. The molecule has 0 radical (unpaired) electrons. The van der Waals surface area contributed by atoms with Gasteiger partial charge in [-0.2, -0.15) is 0 Å². The van der Waals surface area contributed by atoms with Gasteiger partial charge in [0.1, 0.15) is 11.6 Å². The minimum atomic E-state index is -0.307. The van der Waals surface area contributed by atoms with Crippen molar-refractivity contribution in [1.82, 2.24) is 10.6 Å². The summed E-state index contributed by atoms with van der Waals surface area (Å²) in [6.07, 6.45) is 0.669. The minimum absolute atomic E-state index is 0.0212. The third-order valence-electron chi connectivity index (χ3n) is 3.36. The average molecular weight is 282 g/mol. The Morgan fingerprint density at radius 3 is 3.21 bits per heavy atom. The van der Waals surface area contributed by atoms with E-state index in [0.29, 0.717) is 18.8 Å². The van der Waals surface area contributed by atoms with Crippen LogP contribution in [0.4, 0.5) is 4.39 Å². The molecule has 1 fully saturated rings. The highest BCUT2D eigenvalue weighted by molar-refractivity contribution is 7.99. The summed E-state index contributed by atoms with van der Waals surface area (Å²) in [6, 6.07) is 4.12. The molecule has 0 spiro atoms. The second-order valence-electron chi connectivity index (χ2n) is 4.65. The maximum atomic E-state index is 13.3. The highest BCUT2D eigenvalue weighted by Gasteiger charge is 2.28. The van der Waals surface area contributed by atoms with Crippen LogP contribution in [0.5, 0.6) is 5.75 Å². The number of carbonyl (C=O) groups is 1. The van der Waals surface area contributed by atoms with Crippen LogP contribution in [0, 0.1) is 5.82 Å². The Morgan fingerprint density at radius 1 is 1.53 bits per heavy atom. The van der Waals surface area contributed by atoms with Crippen molar-refractivity contribution >= 4 is 17.7 Å². The van der Waals surface area contributed by atoms with Crippen LogP contribution in [0.1, 0.15) is 18.0 Å². The number of halogens is 1. The molecule has 2 N–H and O–H groups in total. The third-order valence-corrected chi connectivity index (χ3v) is 4.30. The van der Waals surface area contributed by atoms with Crippen LogP contribution in [-0.2, 0) is 4.79 Å². The lowest BCUT2D eigenvalue weighted by molar-refractivity contribution is -0.123. The Kier molecular flexibility index (Phi) is 3.61. The molecule has 3 rings (SSSR count). The molecule has 1 saturated heterocycles. The maximum absolute atomic E-state index is 13.3. The van der Waals surface area contributed by atoms with Gasteiger partial charge in [0, 0.05) is 23.6 Å². The van der Waals surface area contributed by atoms with Gasteiger partial charge in [-0.1, -0.05) is 0 Å². The number of carbonyl (C=O) groups excluding carboxylic acids is 1. The molecule has 2 atom stereocenters. The van der Waals surface area contributed by atoms with Gasteiger partial charge in [0.25, 0.3) is 0 Å². The molecular formula is C13H15FN2O2S. The molecule has 0 bridgehead atoms. The molecule has 2 unspecified atom stereocenters. The predicted molar refractivity (Wildman–Crippen MR) is 71.6 cm³/mol. The summed E-state index contributed by atoms with van der Waals surface area (Å²) in [5.74, 6) is 1.92. The van der Waals surface area contributed by atoms with Crippen molar-refractivity contribution in [1.29, 1.82) is 0 Å². The molecule has 2 heterocycles. The standard InChI is InChI=1S/C13H15FN2O2S/c14-8-1-2-12-9(5-8)10(3-4-18-12)16-13(17)11-6-19-7-15-11/h1-2,5,10-11,15H,3-4,6-7H2,(H,16,17). The number of amides is 1. The largest absolute Gasteiger partial charge is 0.493 e. The Labute approximate surface area is 115 Å². The normalized spacial score (nSPS) is 25.5. The number of ether oxygens (including phenoxy) is 1. The van der Waals surface area contributed by atoms with Crippen LogP contribution < -0.4 is 15.4 Å². The van der Waals surface area contributed by atoms with Gasteiger partial charge in [0.05, 0.1) is 18.7 Å². The monoisotopic (exact) mass is 282 g/mol. The van der Waals surface area contributed by atoms with E-state index in [1.165, 1.54) is 12.1 Å². The molecule has 4 nitrogen and oxygen atoms in total. The van der Waals surface area contributed by atoms with E-state index in [1.54, 1.807) is 17.8 Å². The van der Waals surface area contributed by atoms with Crippen LogP contribution in [0.2, 0.25) is 0 Å². The van der Waals surface area contributed by atoms with Gasteiger partial charge in [0.2, 0.25) is 5.91 Å². The first kappa shape index (κ1) is 12.7. The Bertz CT molecular complexity index is 492. The zero-order valence-electron chi connectivity index (χ0n) is 10.3. The van der Waals surface area contributed by atoms with Crippen molar-refractivity contribution in [3.8, 4) is 5.75 Å². The lowest BCUT2D eigenvalue weighted by Crippen LogP contribution is -2.44. The molecule has 0 saturated carbocycles. The van der Waals surface area contributed by atoms with Crippen LogP contribution in [0.3, 0.4) is 0 Å². The fraction of sp³-hybridized carbons (Fsp3) is 0.462. The van der Waals surface area contributed by atoms with Gasteiger partial charge in [0.15, 0.2) is 0 Å². The summed E-state index contributed by atoms with van der Waals surface area (Å²) < 4.78 is 18.8. The fourth-order valence-corrected chi connectivity index (χ4v) is 3.29. The molecule has 6 heteroatoms. The Morgan fingerprint density at radius 2 is 2.42 bits per heavy atom. The van der Waals surface area contributed by atoms with Gasteiger partial charge in [-0.25, -0.2) is 4.39 Å². The molecule has 1 aromatic carbocycles. The molecule has 19 heavy (non-hydrogen) atoms. The zero-order chi connectivity index (χ0) is 13.2. The number of thioether (sulfide) groups is 1.